The molecule has 4 nitrogen and oxygen atoms in total. The van der Waals surface area contributed by atoms with Crippen LogP contribution in [0, 0.1) is 17.7 Å². The Balaban J connectivity index is 1.33. The van der Waals surface area contributed by atoms with Gasteiger partial charge in [-0.05, 0) is 43.0 Å². The number of ether oxygens (including phenoxy) is 1. The fourth-order valence-electron chi connectivity index (χ4n) is 4.51. The molecule has 4 unspecified atom stereocenters. The molecule has 4 rings (SSSR count). The third-order valence-electron chi connectivity index (χ3n) is 5.65. The van der Waals surface area contributed by atoms with Gasteiger partial charge < -0.3 is 15.0 Å². The molecule has 0 saturated carbocycles. The van der Waals surface area contributed by atoms with Crippen LogP contribution in [0.25, 0.3) is 0 Å². The van der Waals surface area contributed by atoms with Crippen LogP contribution in [-0.2, 0) is 11.2 Å². The van der Waals surface area contributed by atoms with Crippen molar-refractivity contribution in [1.29, 1.82) is 0 Å². The molecule has 6 heteroatoms. The van der Waals surface area contributed by atoms with Crippen LogP contribution in [-0.4, -0.2) is 49.7 Å². The summed E-state index contributed by atoms with van der Waals surface area (Å²) in [7, 11) is 1.82. The molecule has 130 valence electrons. The minimum atomic E-state index is -0.153. The monoisotopic (exact) mass is 395 g/mol. The second-order valence-corrected chi connectivity index (χ2v) is 7.90. The zero-order chi connectivity index (χ0) is 16.7. The Labute approximate surface area is 150 Å². The Hall–Kier alpha value is -1.14. The average Bonchev–Trinajstić information content (AvgIpc) is 3.27. The fourth-order valence-corrected chi connectivity index (χ4v) is 4.92. The van der Waals surface area contributed by atoms with Gasteiger partial charge in [-0.1, -0.05) is 15.9 Å². The molecule has 0 aromatic heterocycles. The van der Waals surface area contributed by atoms with Gasteiger partial charge in [0.05, 0.1) is 12.2 Å². The van der Waals surface area contributed by atoms with Gasteiger partial charge in [0.25, 0.3) is 0 Å². The minimum absolute atomic E-state index is 0.153. The van der Waals surface area contributed by atoms with Crippen molar-refractivity contribution in [1.82, 2.24) is 10.2 Å². The second kappa shape index (κ2) is 6.64. The summed E-state index contributed by atoms with van der Waals surface area (Å²) in [4.78, 5) is 6.77. The van der Waals surface area contributed by atoms with Crippen molar-refractivity contribution in [3.8, 4) is 0 Å². The molecule has 24 heavy (non-hydrogen) atoms. The topological polar surface area (TPSA) is 36.9 Å². The highest BCUT2D eigenvalue weighted by atomic mass is 79.9. The van der Waals surface area contributed by atoms with E-state index in [1.807, 2.05) is 13.1 Å². The number of fused-ring (bicyclic) bond motifs is 5. The van der Waals surface area contributed by atoms with Gasteiger partial charge in [-0.25, -0.2) is 4.39 Å². The Kier molecular flexibility index (Phi) is 4.52. The molecule has 3 aliphatic heterocycles. The van der Waals surface area contributed by atoms with Gasteiger partial charge >= 0.3 is 0 Å². The number of aliphatic imine (C=N–C) groups is 1. The van der Waals surface area contributed by atoms with Crippen LogP contribution in [0.5, 0.6) is 0 Å². The molecule has 0 aliphatic carbocycles. The highest BCUT2D eigenvalue weighted by Gasteiger charge is 2.53. The molecular weight excluding hydrogens is 373 g/mol. The number of hydrogen-bond acceptors (Lipinski definition) is 2. The average molecular weight is 396 g/mol. The Morgan fingerprint density at radius 3 is 2.71 bits per heavy atom. The van der Waals surface area contributed by atoms with E-state index < -0.39 is 0 Å². The van der Waals surface area contributed by atoms with Crippen molar-refractivity contribution in [2.75, 3.05) is 26.7 Å². The molecule has 1 aromatic carbocycles. The lowest BCUT2D eigenvalue weighted by atomic mass is 9.82. The van der Waals surface area contributed by atoms with Crippen molar-refractivity contribution < 1.29 is 9.13 Å². The first-order valence-electron chi connectivity index (χ1n) is 8.70. The molecule has 3 fully saturated rings. The first-order chi connectivity index (χ1) is 11.7. The van der Waals surface area contributed by atoms with Crippen LogP contribution in [0.4, 0.5) is 4.39 Å². The smallest absolute Gasteiger partial charge is 0.193 e. The summed E-state index contributed by atoms with van der Waals surface area (Å²) in [5.74, 6) is 2.09. The highest BCUT2D eigenvalue weighted by molar-refractivity contribution is 9.10. The summed E-state index contributed by atoms with van der Waals surface area (Å²) in [5.41, 5.74) is 0.720. The van der Waals surface area contributed by atoms with Crippen LogP contribution in [0.2, 0.25) is 0 Å². The zero-order valence-corrected chi connectivity index (χ0v) is 15.4. The normalized spacial score (nSPS) is 31.6. The van der Waals surface area contributed by atoms with Gasteiger partial charge in [-0.2, -0.15) is 0 Å². The van der Waals surface area contributed by atoms with Crippen molar-refractivity contribution in [3.63, 3.8) is 0 Å². The first kappa shape index (κ1) is 16.3. The highest BCUT2D eigenvalue weighted by Crippen LogP contribution is 2.47. The van der Waals surface area contributed by atoms with Crippen LogP contribution < -0.4 is 5.32 Å². The lowest BCUT2D eigenvalue weighted by Gasteiger charge is -2.23. The number of nitrogens with zero attached hydrogens (tertiary/aromatic N) is 2. The van der Waals surface area contributed by atoms with Crippen LogP contribution in [0.3, 0.4) is 0 Å². The van der Waals surface area contributed by atoms with Gasteiger partial charge in [0.15, 0.2) is 5.96 Å². The number of rotatable bonds is 3. The molecule has 0 spiro atoms. The van der Waals surface area contributed by atoms with E-state index in [0.29, 0.717) is 37.0 Å². The maximum atomic E-state index is 13.8. The molecule has 4 atom stereocenters. The molecule has 3 saturated heterocycles. The van der Waals surface area contributed by atoms with E-state index in [9.17, 15) is 4.39 Å². The molecule has 3 aliphatic rings. The third-order valence-corrected chi connectivity index (χ3v) is 6.14. The molecule has 1 N–H and O–H groups in total. The first-order valence-corrected chi connectivity index (χ1v) is 9.50. The van der Waals surface area contributed by atoms with Crippen molar-refractivity contribution in [2.45, 2.75) is 31.5 Å². The zero-order valence-electron chi connectivity index (χ0n) is 13.8. The lowest BCUT2D eigenvalue weighted by molar-refractivity contribution is 0.0767. The standard InChI is InChI=1S/C18H23BrFN3O/c1-21-18(22-7-6-11-8-12(19)2-3-15(11)20)23-9-13-14(10-23)17-5-4-16(13)24-17/h2-3,8,13-14,16-17H,4-7,9-10H2,1H3,(H,21,22). The minimum Gasteiger partial charge on any atom is -0.374 e. The third kappa shape index (κ3) is 2.94. The number of benzene rings is 1. The number of likely N-dealkylation sites (tertiary alicyclic amines) is 1. The Morgan fingerprint density at radius 1 is 1.33 bits per heavy atom. The molecule has 2 bridgehead atoms. The largest absolute Gasteiger partial charge is 0.374 e. The number of guanidine groups is 1. The second-order valence-electron chi connectivity index (χ2n) is 6.98. The summed E-state index contributed by atoms with van der Waals surface area (Å²) in [6.07, 6.45) is 3.99. The van der Waals surface area contributed by atoms with Crippen LogP contribution in [0.15, 0.2) is 27.7 Å². The molecule has 1 aromatic rings. The fraction of sp³-hybridized carbons (Fsp3) is 0.611. The van der Waals surface area contributed by atoms with E-state index in [1.54, 1.807) is 6.07 Å². The predicted octanol–water partition coefficient (Wildman–Crippen LogP) is 2.82. The van der Waals surface area contributed by atoms with E-state index in [4.69, 9.17) is 4.74 Å². The van der Waals surface area contributed by atoms with E-state index in [-0.39, 0.29) is 5.82 Å². The van der Waals surface area contributed by atoms with E-state index >= 15 is 0 Å². The summed E-state index contributed by atoms with van der Waals surface area (Å²) in [6.45, 7) is 2.72. The van der Waals surface area contributed by atoms with Gasteiger partial charge in [-0.3, -0.25) is 4.99 Å². The maximum Gasteiger partial charge on any atom is 0.193 e. The van der Waals surface area contributed by atoms with Crippen LogP contribution in [0.1, 0.15) is 18.4 Å². The Morgan fingerprint density at radius 2 is 2.04 bits per heavy atom. The van der Waals surface area contributed by atoms with E-state index in [1.165, 1.54) is 18.9 Å². The maximum absolute atomic E-state index is 13.8. The summed E-state index contributed by atoms with van der Waals surface area (Å²) in [6, 6.07) is 5.07. The molecule has 3 heterocycles. The number of nitrogens with one attached hydrogen (secondary N) is 1. The molecule has 0 radical (unpaired) electrons. The van der Waals surface area contributed by atoms with Crippen molar-refractivity contribution >= 4 is 21.9 Å². The van der Waals surface area contributed by atoms with Crippen LogP contribution >= 0.6 is 15.9 Å². The summed E-state index contributed by atoms with van der Waals surface area (Å²) >= 11 is 3.40. The molecule has 0 amide bonds. The van der Waals surface area contributed by atoms with E-state index in [0.717, 1.165) is 29.1 Å². The molecular formula is C18H23BrFN3O. The summed E-state index contributed by atoms with van der Waals surface area (Å²) < 4.78 is 20.8. The van der Waals surface area contributed by atoms with Crippen molar-refractivity contribution in [3.05, 3.63) is 34.1 Å². The van der Waals surface area contributed by atoms with Crippen molar-refractivity contribution in [2.24, 2.45) is 16.8 Å². The predicted molar refractivity (Wildman–Crippen MR) is 95.6 cm³/mol. The number of hydrogen-bond donors (Lipinski definition) is 1. The Bertz CT molecular complexity index is 635. The van der Waals surface area contributed by atoms with Gasteiger partial charge in [0.1, 0.15) is 5.82 Å². The van der Waals surface area contributed by atoms with Gasteiger partial charge in [-0.15, -0.1) is 0 Å². The van der Waals surface area contributed by atoms with Gasteiger partial charge in [0.2, 0.25) is 0 Å². The quantitative estimate of drug-likeness (QED) is 0.631. The number of halogens is 2. The van der Waals surface area contributed by atoms with E-state index in [2.05, 4.69) is 31.1 Å². The SMILES string of the molecule is CN=C(NCCc1cc(Br)ccc1F)N1CC2C3CCC(O3)C2C1. The van der Waals surface area contributed by atoms with Gasteiger partial charge in [0, 0.05) is 43.0 Å². The lowest BCUT2D eigenvalue weighted by Crippen LogP contribution is -2.42. The summed E-state index contributed by atoms with van der Waals surface area (Å²) in [5, 5.41) is 3.40.